The summed E-state index contributed by atoms with van der Waals surface area (Å²) in [6.07, 6.45) is 13.8. The lowest BCUT2D eigenvalue weighted by Gasteiger charge is -2.46. The van der Waals surface area contributed by atoms with Gasteiger partial charge in [0.15, 0.2) is 0 Å². The number of pyridine rings is 2. The second-order valence-corrected chi connectivity index (χ2v) is 22.8. The molecular formula is C60H65F3N10O4. The number of likely N-dealkylation sites (tertiary alicyclic amines) is 2. The van der Waals surface area contributed by atoms with Crippen molar-refractivity contribution in [1.29, 1.82) is 10.5 Å². The third-order valence-electron chi connectivity index (χ3n) is 17.4. The van der Waals surface area contributed by atoms with Crippen LogP contribution in [-0.2, 0) is 29.9 Å². The van der Waals surface area contributed by atoms with Crippen molar-refractivity contribution >= 4 is 57.1 Å². The van der Waals surface area contributed by atoms with E-state index < -0.39 is 23.3 Å². The second-order valence-electron chi connectivity index (χ2n) is 22.8. The summed E-state index contributed by atoms with van der Waals surface area (Å²) in [5, 5.41) is 24.8. The number of hydrogen-bond donors (Lipinski definition) is 2. The quantitative estimate of drug-likeness (QED) is 0.143. The van der Waals surface area contributed by atoms with Gasteiger partial charge < -0.3 is 29.6 Å². The van der Waals surface area contributed by atoms with E-state index in [9.17, 15) is 37.6 Å². The van der Waals surface area contributed by atoms with E-state index in [1.807, 2.05) is 24.9 Å². The van der Waals surface area contributed by atoms with Crippen LogP contribution in [0.2, 0.25) is 0 Å². The Hall–Kier alpha value is -7.53. The van der Waals surface area contributed by atoms with E-state index in [0.717, 1.165) is 80.7 Å². The lowest BCUT2D eigenvalue weighted by molar-refractivity contribution is -0.140. The number of halogens is 3. The van der Waals surface area contributed by atoms with Crippen LogP contribution in [0.5, 0.6) is 0 Å². The van der Waals surface area contributed by atoms with Crippen LogP contribution in [0.3, 0.4) is 0 Å². The van der Waals surface area contributed by atoms with Gasteiger partial charge in [0, 0.05) is 85.9 Å². The van der Waals surface area contributed by atoms with Gasteiger partial charge in [-0.05, 0) is 155 Å². The number of anilines is 2. The zero-order valence-corrected chi connectivity index (χ0v) is 44.3. The summed E-state index contributed by atoms with van der Waals surface area (Å²) < 4.78 is 48.0. The SMILES string of the molecule is Cc1c(NC(=O)c2cccc(C#N)c2)cnc2c1c(C1CCN(C(=O)CC3CCC3)C(C)(C)C1)cn2C.Cn1cc(C2C3CC[C@H]2CN(C(=O)C2CCCC2)C3)c2c(C(F)(F)F)c(NC(=O)c3cccc(C#N)c3)cnc21. The minimum absolute atomic E-state index is 0.0102. The first-order valence-electron chi connectivity index (χ1n) is 27.0. The maximum Gasteiger partial charge on any atom is 0.419 e. The maximum atomic E-state index is 14.8. The largest absolute Gasteiger partial charge is 0.419 e. The van der Waals surface area contributed by atoms with E-state index in [4.69, 9.17) is 10.2 Å². The molecule has 3 unspecified atom stereocenters. The highest BCUT2D eigenvalue weighted by molar-refractivity contribution is 6.07. The summed E-state index contributed by atoms with van der Waals surface area (Å²) in [7, 11) is 3.69. The van der Waals surface area contributed by atoms with Crippen molar-refractivity contribution in [3.63, 3.8) is 0 Å². The third-order valence-corrected chi connectivity index (χ3v) is 17.4. The molecule has 0 radical (unpaired) electrons. The molecule has 4 aromatic heterocycles. The van der Waals surface area contributed by atoms with Crippen LogP contribution in [0.15, 0.2) is 73.3 Å². The Morgan fingerprint density at radius 1 is 0.740 bits per heavy atom. The molecule has 6 heterocycles. The molecule has 11 rings (SSSR count). The molecule has 0 spiro atoms. The number of rotatable bonds is 9. The van der Waals surface area contributed by atoms with Gasteiger partial charge in [-0.2, -0.15) is 23.7 Å². The number of amides is 4. The monoisotopic (exact) mass is 1050 g/mol. The Morgan fingerprint density at radius 2 is 1.30 bits per heavy atom. The van der Waals surface area contributed by atoms with Gasteiger partial charge >= 0.3 is 6.18 Å². The number of nitrogens with zero attached hydrogens (tertiary/aromatic N) is 8. The predicted octanol–water partition coefficient (Wildman–Crippen LogP) is 11.5. The van der Waals surface area contributed by atoms with Crippen LogP contribution < -0.4 is 10.6 Å². The number of aryl methyl sites for hydroxylation is 3. The van der Waals surface area contributed by atoms with Crippen LogP contribution >= 0.6 is 0 Å². The van der Waals surface area contributed by atoms with Crippen LogP contribution in [0, 0.1) is 53.3 Å². The van der Waals surface area contributed by atoms with Crippen molar-refractivity contribution < 1.29 is 32.3 Å². The minimum atomic E-state index is -4.76. The lowest BCUT2D eigenvalue weighted by atomic mass is 9.77. The molecule has 2 bridgehead atoms. The van der Waals surface area contributed by atoms with Crippen molar-refractivity contribution in [3.8, 4) is 12.1 Å². The van der Waals surface area contributed by atoms with Crippen molar-refractivity contribution in [3.05, 3.63) is 118 Å². The number of piperidine rings is 2. The lowest BCUT2D eigenvalue weighted by Crippen LogP contribution is -2.52. The van der Waals surface area contributed by atoms with Gasteiger partial charge in [-0.25, -0.2) is 9.97 Å². The number of aromatic nitrogens is 4. The fraction of sp³-hybridized carbons (Fsp3) is 0.467. The molecule has 5 fully saturated rings. The predicted molar refractivity (Wildman–Crippen MR) is 287 cm³/mol. The van der Waals surface area contributed by atoms with Gasteiger partial charge in [0.1, 0.15) is 11.3 Å². The fourth-order valence-electron chi connectivity index (χ4n) is 13.4. The van der Waals surface area contributed by atoms with Gasteiger partial charge in [-0.15, -0.1) is 0 Å². The summed E-state index contributed by atoms with van der Waals surface area (Å²) in [6.45, 7) is 8.29. The average Bonchev–Trinajstić information content (AvgIpc) is 4.32. The van der Waals surface area contributed by atoms with Crippen LogP contribution in [0.1, 0.15) is 157 Å². The van der Waals surface area contributed by atoms with Crippen molar-refractivity contribution in [2.45, 2.75) is 121 Å². The molecule has 2 aliphatic heterocycles. The number of nitriles is 2. The standard InChI is InChI=1S/C30H30F3N5O2.C30H35N5O2/c1-37-16-22(24-20-9-10-21(24)15-38(14-20)29(40)18-6-2-3-7-18)25-26(30(31,32)33)23(13-35-27(25)37)36-28(39)19-8-4-5-17(11-19)12-34;1-19-25(33-29(37)22-10-6-9-21(13-22)16-31)17-32-28-27(19)24(18-34(28)4)23-11-12-35(30(2,3)15-23)26(36)14-20-7-5-8-20/h4-5,8,11,13,16,18,20-21,24H,2-3,6-7,9-10,14-15H2,1H3,(H,36,39);6,9-10,13,17-18,20,23H,5,7-8,11-12,14-15H2,1-4H3,(H,33,37)/t20-,21?,24?;/m0./s1. The van der Waals surface area contributed by atoms with E-state index in [1.54, 1.807) is 48.3 Å². The molecule has 3 aliphatic carbocycles. The first kappa shape index (κ1) is 52.9. The van der Waals surface area contributed by atoms with Crippen LogP contribution in [0.25, 0.3) is 22.1 Å². The van der Waals surface area contributed by atoms with E-state index >= 15 is 0 Å². The van der Waals surface area contributed by atoms with E-state index in [0.29, 0.717) is 59.6 Å². The smallest absolute Gasteiger partial charge is 0.342 e. The van der Waals surface area contributed by atoms with Gasteiger partial charge in [0.25, 0.3) is 11.8 Å². The van der Waals surface area contributed by atoms with E-state index in [-0.39, 0.29) is 63.2 Å². The molecule has 4 amide bonds. The zero-order valence-electron chi connectivity index (χ0n) is 44.3. The summed E-state index contributed by atoms with van der Waals surface area (Å²) in [5.41, 5.74) is 4.20. The normalized spacial score (nSPS) is 21.2. The Morgan fingerprint density at radius 3 is 1.84 bits per heavy atom. The molecule has 14 nitrogen and oxygen atoms in total. The summed E-state index contributed by atoms with van der Waals surface area (Å²) in [5.74, 6) is 0.452. The highest BCUT2D eigenvalue weighted by Gasteiger charge is 2.48. The number of benzene rings is 2. The molecule has 2 aromatic carbocycles. The highest BCUT2D eigenvalue weighted by Crippen LogP contribution is 2.53. The zero-order chi connectivity index (χ0) is 54.5. The second kappa shape index (κ2) is 21.1. The Balaban J connectivity index is 0.000000175. The number of nitrogens with one attached hydrogen (secondary N) is 2. The molecule has 5 aliphatic rings. The summed E-state index contributed by atoms with van der Waals surface area (Å²) in [6, 6.07) is 16.5. The average molecular weight is 1050 g/mol. The highest BCUT2D eigenvalue weighted by atomic mass is 19.4. The molecule has 2 saturated heterocycles. The van der Waals surface area contributed by atoms with E-state index in [1.165, 1.54) is 49.1 Å². The Kier molecular flexibility index (Phi) is 14.5. The molecule has 2 N–H and O–H groups in total. The molecule has 400 valence electrons. The topological polar surface area (TPSA) is 182 Å². The third kappa shape index (κ3) is 10.4. The van der Waals surface area contributed by atoms with Crippen LogP contribution in [0.4, 0.5) is 24.5 Å². The van der Waals surface area contributed by atoms with Gasteiger partial charge in [-0.1, -0.05) is 31.4 Å². The number of alkyl halides is 3. The molecule has 4 atom stereocenters. The molecule has 17 heteroatoms. The summed E-state index contributed by atoms with van der Waals surface area (Å²) in [4.78, 5) is 65.3. The molecular weight excluding hydrogens is 982 g/mol. The van der Waals surface area contributed by atoms with Crippen molar-refractivity contribution in [1.82, 2.24) is 28.9 Å². The van der Waals surface area contributed by atoms with Crippen molar-refractivity contribution in [2.24, 2.45) is 37.8 Å². The first-order valence-corrected chi connectivity index (χ1v) is 27.0. The molecule has 6 aromatic rings. The number of fused-ring (bicyclic) bond motifs is 4. The first-order chi connectivity index (χ1) is 36.8. The fourth-order valence-corrected chi connectivity index (χ4v) is 13.4. The van der Waals surface area contributed by atoms with Gasteiger partial charge in [0.2, 0.25) is 11.8 Å². The maximum absolute atomic E-state index is 14.8. The number of carbonyl (C=O) groups excluding carboxylic acids is 4. The van der Waals surface area contributed by atoms with Gasteiger partial charge in [-0.3, -0.25) is 19.2 Å². The van der Waals surface area contributed by atoms with E-state index in [2.05, 4.69) is 51.2 Å². The minimum Gasteiger partial charge on any atom is -0.342 e. The molecule has 3 saturated carbocycles. The summed E-state index contributed by atoms with van der Waals surface area (Å²) >= 11 is 0. The van der Waals surface area contributed by atoms with Gasteiger partial charge in [0.05, 0.1) is 52.6 Å². The Bertz CT molecular complexity index is 3380. The Labute approximate surface area is 446 Å². The molecule has 77 heavy (non-hydrogen) atoms. The van der Waals surface area contributed by atoms with Crippen LogP contribution in [-0.4, -0.2) is 77.7 Å². The number of carbonyl (C=O) groups is 4. The number of hydrogen-bond acceptors (Lipinski definition) is 8. The van der Waals surface area contributed by atoms with Crippen molar-refractivity contribution in [2.75, 3.05) is 30.3 Å².